The molecule has 2 aromatic heterocycles. The number of hydrogen-bond acceptors (Lipinski definition) is 12. The van der Waals surface area contributed by atoms with Gasteiger partial charge in [0.25, 0.3) is 0 Å². The number of anilines is 2. The first-order valence-corrected chi connectivity index (χ1v) is 20.2. The van der Waals surface area contributed by atoms with Gasteiger partial charge in [-0.15, -0.1) is 0 Å². The van der Waals surface area contributed by atoms with Crippen molar-refractivity contribution in [3.63, 3.8) is 0 Å². The molecule has 4 heterocycles. The zero-order valence-electron chi connectivity index (χ0n) is 34.1. The Labute approximate surface area is 337 Å². The quantitative estimate of drug-likeness (QED) is 0.105. The van der Waals surface area contributed by atoms with E-state index in [4.69, 9.17) is 38.9 Å². The SMILES string of the molecule is COc1ccc(-c2cnc(N(C3CCNCC3)N(c3ncc(-c4ccc(OC)cc4)cn3)C3CCN(Cc4cc(OC(C)C)cc(OC(C)C)c4)CC3)nc2)cc1. The fourth-order valence-corrected chi connectivity index (χ4v) is 7.65. The van der Waals surface area contributed by atoms with Crippen molar-refractivity contribution < 1.29 is 18.9 Å². The van der Waals surface area contributed by atoms with E-state index in [1.165, 1.54) is 5.56 Å². The number of rotatable bonds is 15. The van der Waals surface area contributed by atoms with Crippen LogP contribution in [0.1, 0.15) is 58.9 Å². The summed E-state index contributed by atoms with van der Waals surface area (Å²) in [5, 5.41) is 8.15. The molecule has 300 valence electrons. The van der Waals surface area contributed by atoms with Gasteiger partial charge in [0.15, 0.2) is 0 Å². The Morgan fingerprint density at radius 1 is 0.579 bits per heavy atom. The number of benzene rings is 3. The molecule has 3 aromatic carbocycles. The van der Waals surface area contributed by atoms with E-state index >= 15 is 0 Å². The summed E-state index contributed by atoms with van der Waals surface area (Å²) in [5.74, 6) is 4.58. The molecule has 2 aliphatic rings. The average molecular weight is 773 g/mol. The number of hydrogen-bond donors (Lipinski definition) is 1. The Morgan fingerprint density at radius 3 is 1.40 bits per heavy atom. The number of likely N-dealkylation sites (tertiary alicyclic amines) is 1. The molecule has 12 heteroatoms. The molecule has 2 fully saturated rings. The Bertz CT molecular complexity index is 1970. The van der Waals surface area contributed by atoms with Gasteiger partial charge in [0.1, 0.15) is 23.0 Å². The molecule has 0 amide bonds. The number of piperidine rings is 2. The highest BCUT2D eigenvalue weighted by Crippen LogP contribution is 2.33. The van der Waals surface area contributed by atoms with Gasteiger partial charge >= 0.3 is 0 Å². The topological polar surface area (TPSA) is 110 Å². The summed E-state index contributed by atoms with van der Waals surface area (Å²) < 4.78 is 23.0. The monoisotopic (exact) mass is 772 g/mol. The summed E-state index contributed by atoms with van der Waals surface area (Å²) in [6, 6.07) is 22.5. The van der Waals surface area contributed by atoms with E-state index < -0.39 is 0 Å². The third-order valence-corrected chi connectivity index (χ3v) is 10.4. The molecule has 0 spiro atoms. The molecule has 1 N–H and O–H groups in total. The van der Waals surface area contributed by atoms with Gasteiger partial charge in [-0.25, -0.2) is 30.0 Å². The first-order valence-electron chi connectivity index (χ1n) is 20.2. The van der Waals surface area contributed by atoms with E-state index in [9.17, 15) is 0 Å². The van der Waals surface area contributed by atoms with Gasteiger partial charge in [0.2, 0.25) is 11.9 Å². The van der Waals surface area contributed by atoms with Gasteiger partial charge in [-0.05, 0) is 120 Å². The van der Waals surface area contributed by atoms with Crippen molar-refractivity contribution >= 4 is 11.9 Å². The lowest BCUT2D eigenvalue weighted by atomic mass is 10.0. The van der Waals surface area contributed by atoms with Crippen molar-refractivity contribution in [2.45, 2.75) is 84.2 Å². The second kappa shape index (κ2) is 18.7. The van der Waals surface area contributed by atoms with Crippen molar-refractivity contribution in [2.24, 2.45) is 0 Å². The lowest BCUT2D eigenvalue weighted by Gasteiger charge is -2.47. The lowest BCUT2D eigenvalue weighted by Crippen LogP contribution is -2.59. The second-order valence-corrected chi connectivity index (χ2v) is 15.3. The molecule has 0 atom stereocenters. The van der Waals surface area contributed by atoms with Crippen LogP contribution in [0.2, 0.25) is 0 Å². The molecular weight excluding hydrogens is 717 g/mol. The largest absolute Gasteiger partial charge is 0.497 e. The minimum absolute atomic E-state index is 0.0758. The van der Waals surface area contributed by atoms with Gasteiger partial charge in [-0.3, -0.25) is 4.90 Å². The number of ether oxygens (including phenoxy) is 4. The normalized spacial score (nSPS) is 15.4. The average Bonchev–Trinajstić information content (AvgIpc) is 3.23. The highest BCUT2D eigenvalue weighted by atomic mass is 16.5. The summed E-state index contributed by atoms with van der Waals surface area (Å²) in [6.45, 7) is 12.6. The summed E-state index contributed by atoms with van der Waals surface area (Å²) in [4.78, 5) is 22.7. The van der Waals surface area contributed by atoms with Crippen LogP contribution in [0.15, 0.2) is 91.5 Å². The van der Waals surface area contributed by atoms with Crippen molar-refractivity contribution in [1.29, 1.82) is 0 Å². The first kappa shape index (κ1) is 39.8. The van der Waals surface area contributed by atoms with Crippen LogP contribution in [0.5, 0.6) is 23.0 Å². The van der Waals surface area contributed by atoms with Crippen molar-refractivity contribution in [3.8, 4) is 45.3 Å². The predicted molar refractivity (Wildman–Crippen MR) is 225 cm³/mol. The maximum absolute atomic E-state index is 6.13. The van der Waals surface area contributed by atoms with Crippen LogP contribution in [-0.4, -0.2) is 89.5 Å². The summed E-state index contributed by atoms with van der Waals surface area (Å²) in [6.07, 6.45) is 11.5. The summed E-state index contributed by atoms with van der Waals surface area (Å²) >= 11 is 0. The highest BCUT2D eigenvalue weighted by molar-refractivity contribution is 5.65. The maximum Gasteiger partial charge on any atom is 0.244 e. The zero-order valence-corrected chi connectivity index (χ0v) is 34.1. The molecular formula is C45H56N8O4. The molecule has 0 radical (unpaired) electrons. The molecule has 2 aliphatic heterocycles. The predicted octanol–water partition coefficient (Wildman–Crippen LogP) is 7.84. The fraction of sp³-hybridized carbons (Fsp3) is 0.422. The Kier molecular flexibility index (Phi) is 13.0. The minimum Gasteiger partial charge on any atom is -0.497 e. The van der Waals surface area contributed by atoms with Crippen LogP contribution in [0.25, 0.3) is 22.3 Å². The van der Waals surface area contributed by atoms with Crippen LogP contribution in [-0.2, 0) is 6.54 Å². The van der Waals surface area contributed by atoms with Crippen LogP contribution in [0, 0.1) is 0 Å². The van der Waals surface area contributed by atoms with Gasteiger partial charge in [-0.2, -0.15) is 0 Å². The van der Waals surface area contributed by atoms with E-state index in [1.807, 2.05) is 79.4 Å². The molecule has 2 saturated heterocycles. The van der Waals surface area contributed by atoms with E-state index in [1.54, 1.807) is 14.2 Å². The summed E-state index contributed by atoms with van der Waals surface area (Å²) in [5.41, 5.74) is 5.12. The molecule has 57 heavy (non-hydrogen) atoms. The number of aromatic nitrogens is 4. The van der Waals surface area contributed by atoms with Crippen LogP contribution in [0.4, 0.5) is 11.9 Å². The van der Waals surface area contributed by atoms with Gasteiger partial charge in [0.05, 0.1) is 38.5 Å². The fourth-order valence-electron chi connectivity index (χ4n) is 7.65. The van der Waals surface area contributed by atoms with Gasteiger partial charge < -0.3 is 24.3 Å². The maximum atomic E-state index is 6.13. The minimum atomic E-state index is 0.0758. The van der Waals surface area contributed by atoms with Gasteiger partial charge in [-0.1, -0.05) is 24.3 Å². The molecule has 7 rings (SSSR count). The number of methoxy groups -OCH3 is 2. The molecule has 0 unspecified atom stereocenters. The standard InChI is InChI=1S/C45H56N8O4/c1-31(2)56-42-23-33(24-43(25-42)57-32(3)4)30-51-21-17-39(18-22-51)53(45-49-28-37(29-50-45)35-9-13-41(55-6)14-10-35)52(38-15-19-46-20-16-38)44-47-26-36(27-48-44)34-7-11-40(54-5)12-8-34/h7-14,23-29,31-32,38-39,46H,15-22,30H2,1-6H3. The highest BCUT2D eigenvalue weighted by Gasteiger charge is 2.36. The van der Waals surface area contributed by atoms with E-state index in [0.717, 1.165) is 104 Å². The van der Waals surface area contributed by atoms with Crippen LogP contribution >= 0.6 is 0 Å². The number of nitrogens with one attached hydrogen (secondary N) is 1. The molecule has 0 bridgehead atoms. The second-order valence-electron chi connectivity index (χ2n) is 15.3. The number of nitrogens with zero attached hydrogens (tertiary/aromatic N) is 7. The Hall–Kier alpha value is -5.46. The molecule has 0 aliphatic carbocycles. The van der Waals surface area contributed by atoms with Crippen molar-refractivity contribution in [1.82, 2.24) is 30.2 Å². The van der Waals surface area contributed by atoms with Crippen LogP contribution in [0.3, 0.4) is 0 Å². The van der Waals surface area contributed by atoms with Crippen molar-refractivity contribution in [3.05, 3.63) is 97.1 Å². The van der Waals surface area contributed by atoms with Gasteiger partial charge in [0, 0.05) is 61.6 Å². The lowest BCUT2D eigenvalue weighted by molar-refractivity contribution is 0.195. The van der Waals surface area contributed by atoms with E-state index in [-0.39, 0.29) is 24.3 Å². The smallest absolute Gasteiger partial charge is 0.244 e. The molecule has 0 saturated carbocycles. The van der Waals surface area contributed by atoms with Crippen LogP contribution < -0.4 is 34.3 Å². The third-order valence-electron chi connectivity index (χ3n) is 10.4. The first-order chi connectivity index (χ1) is 27.8. The van der Waals surface area contributed by atoms with E-state index in [2.05, 4.69) is 60.1 Å². The molecule has 12 nitrogen and oxygen atoms in total. The number of hydrazine groups is 1. The summed E-state index contributed by atoms with van der Waals surface area (Å²) in [7, 11) is 3.35. The van der Waals surface area contributed by atoms with Crippen molar-refractivity contribution in [2.75, 3.05) is 50.4 Å². The Morgan fingerprint density at radius 2 is 1.00 bits per heavy atom. The zero-order chi connectivity index (χ0) is 39.7. The third kappa shape index (κ3) is 10.1. The Balaban J connectivity index is 1.19. The van der Waals surface area contributed by atoms with E-state index in [0.29, 0.717) is 11.9 Å². The molecule has 5 aromatic rings.